The molecule has 3 rings (SSSR count). The van der Waals surface area contributed by atoms with Crippen LogP contribution in [0.5, 0.6) is 0 Å². The van der Waals surface area contributed by atoms with Crippen molar-refractivity contribution in [3.8, 4) is 11.3 Å². The van der Waals surface area contributed by atoms with E-state index >= 15 is 0 Å². The highest BCUT2D eigenvalue weighted by molar-refractivity contribution is 5.62. The lowest BCUT2D eigenvalue weighted by molar-refractivity contribution is 0.568. The van der Waals surface area contributed by atoms with E-state index in [0.717, 1.165) is 30.3 Å². The number of aromatic nitrogens is 4. The molecule has 6 heteroatoms. The Morgan fingerprint density at radius 1 is 1.16 bits per heavy atom. The van der Waals surface area contributed by atoms with Crippen LogP contribution in [0.2, 0.25) is 0 Å². The number of anilines is 2. The molecule has 0 amide bonds. The van der Waals surface area contributed by atoms with E-state index in [1.165, 1.54) is 19.3 Å². The molecule has 0 radical (unpaired) electrons. The van der Waals surface area contributed by atoms with E-state index in [-0.39, 0.29) is 0 Å². The number of hydrogen-bond acceptors (Lipinski definition) is 5. The summed E-state index contributed by atoms with van der Waals surface area (Å²) in [5.74, 6) is 1.24. The van der Waals surface area contributed by atoms with Gasteiger partial charge in [-0.05, 0) is 19.3 Å². The predicted octanol–water partition coefficient (Wildman–Crippen LogP) is 1.45. The average Bonchev–Trinajstić information content (AvgIpc) is 2.86. The molecule has 2 N–H and O–H groups in total. The first-order valence-electron chi connectivity index (χ1n) is 6.61. The summed E-state index contributed by atoms with van der Waals surface area (Å²) in [6, 6.07) is 1.80. The fraction of sp³-hybridized carbons (Fsp3) is 0.462. The Kier molecular flexibility index (Phi) is 3.06. The molecule has 0 saturated carbocycles. The Balaban J connectivity index is 1.95. The van der Waals surface area contributed by atoms with Crippen LogP contribution in [-0.4, -0.2) is 32.8 Å². The summed E-state index contributed by atoms with van der Waals surface area (Å²) in [6.45, 7) is 2.02. The minimum atomic E-state index is 0.509. The van der Waals surface area contributed by atoms with Crippen LogP contribution in [0, 0.1) is 0 Å². The van der Waals surface area contributed by atoms with Crippen molar-refractivity contribution in [2.75, 3.05) is 23.7 Å². The maximum absolute atomic E-state index is 5.91. The third-order valence-electron chi connectivity index (χ3n) is 3.37. The van der Waals surface area contributed by atoms with E-state index in [9.17, 15) is 0 Å². The van der Waals surface area contributed by atoms with Gasteiger partial charge in [-0.1, -0.05) is 0 Å². The summed E-state index contributed by atoms with van der Waals surface area (Å²) in [5.41, 5.74) is 7.71. The second-order valence-electron chi connectivity index (χ2n) is 4.93. The van der Waals surface area contributed by atoms with Crippen LogP contribution < -0.4 is 10.6 Å². The first-order valence-corrected chi connectivity index (χ1v) is 6.61. The maximum atomic E-state index is 5.91. The van der Waals surface area contributed by atoms with Gasteiger partial charge in [0.25, 0.3) is 0 Å². The van der Waals surface area contributed by atoms with E-state index in [1.54, 1.807) is 16.9 Å². The van der Waals surface area contributed by atoms with Gasteiger partial charge in [-0.15, -0.1) is 0 Å². The maximum Gasteiger partial charge on any atom is 0.227 e. The SMILES string of the molecule is Cn1cc(-c2cc(N)nc(N3CCCCC3)n2)cn1. The van der Waals surface area contributed by atoms with E-state index in [4.69, 9.17) is 5.73 Å². The van der Waals surface area contributed by atoms with Crippen LogP contribution in [0.25, 0.3) is 11.3 Å². The standard InChI is InChI=1S/C13H18N6/c1-18-9-10(8-15-18)11-7-12(14)17-13(16-11)19-5-3-2-4-6-19/h7-9H,2-6H2,1H3,(H2,14,16,17). The molecule has 0 bridgehead atoms. The van der Waals surface area contributed by atoms with Gasteiger partial charge in [0, 0.05) is 38.0 Å². The van der Waals surface area contributed by atoms with Crippen LogP contribution in [0.15, 0.2) is 18.5 Å². The van der Waals surface area contributed by atoms with Crippen molar-refractivity contribution in [1.82, 2.24) is 19.7 Å². The molecule has 0 aliphatic carbocycles. The van der Waals surface area contributed by atoms with Gasteiger partial charge in [0.05, 0.1) is 11.9 Å². The zero-order chi connectivity index (χ0) is 13.2. The third-order valence-corrected chi connectivity index (χ3v) is 3.37. The van der Waals surface area contributed by atoms with Gasteiger partial charge in [-0.2, -0.15) is 10.1 Å². The fourth-order valence-corrected chi connectivity index (χ4v) is 2.39. The summed E-state index contributed by atoms with van der Waals surface area (Å²) >= 11 is 0. The molecular weight excluding hydrogens is 240 g/mol. The first-order chi connectivity index (χ1) is 9.22. The molecule has 0 unspecified atom stereocenters. The monoisotopic (exact) mass is 258 g/mol. The number of nitrogens with zero attached hydrogens (tertiary/aromatic N) is 5. The fourth-order valence-electron chi connectivity index (χ4n) is 2.39. The van der Waals surface area contributed by atoms with Crippen molar-refractivity contribution in [3.05, 3.63) is 18.5 Å². The Hall–Kier alpha value is -2.11. The number of piperidine rings is 1. The molecule has 1 fully saturated rings. The van der Waals surface area contributed by atoms with Crippen molar-refractivity contribution < 1.29 is 0 Å². The van der Waals surface area contributed by atoms with Crippen molar-refractivity contribution >= 4 is 11.8 Å². The molecule has 2 aromatic heterocycles. The Morgan fingerprint density at radius 2 is 1.95 bits per heavy atom. The smallest absolute Gasteiger partial charge is 0.227 e. The predicted molar refractivity (Wildman–Crippen MR) is 74.7 cm³/mol. The minimum Gasteiger partial charge on any atom is -0.384 e. The van der Waals surface area contributed by atoms with Crippen molar-refractivity contribution in [3.63, 3.8) is 0 Å². The summed E-state index contributed by atoms with van der Waals surface area (Å²) in [5, 5.41) is 4.17. The average molecular weight is 258 g/mol. The van der Waals surface area contributed by atoms with Gasteiger partial charge in [0.1, 0.15) is 5.82 Å². The van der Waals surface area contributed by atoms with Crippen LogP contribution in [0.1, 0.15) is 19.3 Å². The van der Waals surface area contributed by atoms with Crippen LogP contribution >= 0.6 is 0 Å². The van der Waals surface area contributed by atoms with Crippen LogP contribution in [0.4, 0.5) is 11.8 Å². The molecule has 0 aromatic carbocycles. The Morgan fingerprint density at radius 3 is 2.63 bits per heavy atom. The van der Waals surface area contributed by atoms with E-state index in [0.29, 0.717) is 5.82 Å². The second-order valence-corrected chi connectivity index (χ2v) is 4.93. The number of nitrogen functional groups attached to an aromatic ring is 1. The lowest BCUT2D eigenvalue weighted by Crippen LogP contribution is -2.31. The molecule has 6 nitrogen and oxygen atoms in total. The van der Waals surface area contributed by atoms with Crippen LogP contribution in [0.3, 0.4) is 0 Å². The van der Waals surface area contributed by atoms with Gasteiger partial charge in [-0.3, -0.25) is 4.68 Å². The number of hydrogen-bond donors (Lipinski definition) is 1. The molecular formula is C13H18N6. The molecule has 0 atom stereocenters. The summed E-state index contributed by atoms with van der Waals surface area (Å²) < 4.78 is 1.76. The zero-order valence-corrected chi connectivity index (χ0v) is 11.1. The molecule has 100 valence electrons. The molecule has 1 saturated heterocycles. The lowest BCUT2D eigenvalue weighted by atomic mass is 10.1. The van der Waals surface area contributed by atoms with Crippen molar-refractivity contribution in [2.45, 2.75) is 19.3 Å². The highest BCUT2D eigenvalue weighted by Crippen LogP contribution is 2.23. The van der Waals surface area contributed by atoms with Gasteiger partial charge in [-0.25, -0.2) is 4.98 Å². The van der Waals surface area contributed by atoms with Gasteiger partial charge in [0.2, 0.25) is 5.95 Å². The second kappa shape index (κ2) is 4.87. The number of nitrogens with two attached hydrogens (primary N) is 1. The number of rotatable bonds is 2. The Labute approximate surface area is 112 Å². The highest BCUT2D eigenvalue weighted by atomic mass is 15.3. The molecule has 1 aliphatic rings. The Bertz CT molecular complexity index is 570. The lowest BCUT2D eigenvalue weighted by Gasteiger charge is -2.26. The van der Waals surface area contributed by atoms with E-state index in [2.05, 4.69) is 20.0 Å². The van der Waals surface area contributed by atoms with Gasteiger partial charge in [0.15, 0.2) is 0 Å². The zero-order valence-electron chi connectivity index (χ0n) is 11.1. The quantitative estimate of drug-likeness (QED) is 0.882. The first kappa shape index (κ1) is 12.0. The molecule has 0 spiro atoms. The van der Waals surface area contributed by atoms with Crippen LogP contribution in [-0.2, 0) is 7.05 Å². The summed E-state index contributed by atoms with van der Waals surface area (Å²) in [6.07, 6.45) is 7.40. The highest BCUT2D eigenvalue weighted by Gasteiger charge is 2.15. The largest absolute Gasteiger partial charge is 0.384 e. The van der Waals surface area contributed by atoms with E-state index in [1.807, 2.05) is 13.2 Å². The summed E-state index contributed by atoms with van der Waals surface area (Å²) in [7, 11) is 1.89. The van der Waals surface area contributed by atoms with E-state index < -0.39 is 0 Å². The third kappa shape index (κ3) is 2.52. The number of aryl methyl sites for hydroxylation is 1. The molecule has 19 heavy (non-hydrogen) atoms. The molecule has 3 heterocycles. The normalized spacial score (nSPS) is 15.7. The van der Waals surface area contributed by atoms with Gasteiger partial charge < -0.3 is 10.6 Å². The summed E-state index contributed by atoms with van der Waals surface area (Å²) in [4.78, 5) is 11.2. The minimum absolute atomic E-state index is 0.509. The van der Waals surface area contributed by atoms with Gasteiger partial charge >= 0.3 is 0 Å². The topological polar surface area (TPSA) is 72.9 Å². The van der Waals surface area contributed by atoms with Crippen molar-refractivity contribution in [1.29, 1.82) is 0 Å². The molecule has 1 aliphatic heterocycles. The molecule has 2 aromatic rings. The van der Waals surface area contributed by atoms with Crippen molar-refractivity contribution in [2.24, 2.45) is 7.05 Å².